The normalized spacial score (nSPS) is 25.7. The Bertz CT molecular complexity index is 971. The maximum absolute atomic E-state index is 13.2. The van der Waals surface area contributed by atoms with Crippen LogP contribution in [-0.4, -0.2) is 63.2 Å². The van der Waals surface area contributed by atoms with Crippen molar-refractivity contribution in [2.75, 3.05) is 25.0 Å². The number of carbonyl (C=O) groups excluding carboxylic acids is 1. The first-order valence-electron chi connectivity index (χ1n) is 9.74. The van der Waals surface area contributed by atoms with Crippen LogP contribution in [0.2, 0.25) is 0 Å². The van der Waals surface area contributed by atoms with Gasteiger partial charge >= 0.3 is 6.18 Å². The molecule has 160 valence electrons. The Labute approximate surface area is 170 Å². The smallest absolute Gasteiger partial charge is 0.351 e. The van der Waals surface area contributed by atoms with Crippen molar-refractivity contribution in [2.24, 2.45) is 12.0 Å². The van der Waals surface area contributed by atoms with Gasteiger partial charge in [-0.1, -0.05) is 0 Å². The standard InChI is InChI=1S/C18H21F3N8O/c1-27-9-13(15(26-27)18(19,20)21)24-17(30)12-7-23-29-5-4-14(25-16(12)29)28-8-10-2-3-11(28)6-22-10/h4-5,9-11,22-23H,2-3,6-8H2,1H3,(H,24,30)/t10-,11-/m1/s1. The number of piperidine rings is 2. The van der Waals surface area contributed by atoms with Gasteiger partial charge < -0.3 is 15.5 Å². The number of fused-ring (bicyclic) bond motifs is 4. The number of halogens is 3. The highest BCUT2D eigenvalue weighted by Gasteiger charge is 2.39. The molecule has 3 fully saturated rings. The number of aromatic nitrogens is 2. The van der Waals surface area contributed by atoms with Crippen molar-refractivity contribution in [3.8, 4) is 0 Å². The third-order valence-electron chi connectivity index (χ3n) is 5.78. The van der Waals surface area contributed by atoms with Crippen LogP contribution in [0.15, 0.2) is 34.9 Å². The molecule has 9 nitrogen and oxygen atoms in total. The summed E-state index contributed by atoms with van der Waals surface area (Å²) in [6.45, 7) is 1.91. The number of aliphatic imine (C=N–C) groups is 1. The van der Waals surface area contributed by atoms with E-state index in [1.54, 1.807) is 11.2 Å². The summed E-state index contributed by atoms with van der Waals surface area (Å²) in [6, 6.07) is 0.774. The van der Waals surface area contributed by atoms with Crippen LogP contribution in [0.1, 0.15) is 18.5 Å². The predicted molar refractivity (Wildman–Crippen MR) is 102 cm³/mol. The highest BCUT2D eigenvalue weighted by molar-refractivity contribution is 6.06. The van der Waals surface area contributed by atoms with Crippen molar-refractivity contribution in [3.63, 3.8) is 0 Å². The van der Waals surface area contributed by atoms with Gasteiger partial charge in [0, 0.05) is 51.2 Å². The lowest BCUT2D eigenvalue weighted by molar-refractivity contribution is -0.140. The van der Waals surface area contributed by atoms with E-state index in [4.69, 9.17) is 0 Å². The first-order valence-corrected chi connectivity index (χ1v) is 9.74. The predicted octanol–water partition coefficient (Wildman–Crippen LogP) is 0.771. The zero-order valence-corrected chi connectivity index (χ0v) is 16.2. The molecule has 0 spiro atoms. The topological polar surface area (TPSA) is 89.8 Å². The summed E-state index contributed by atoms with van der Waals surface area (Å²) in [5.74, 6) is 0.527. The zero-order valence-electron chi connectivity index (χ0n) is 16.2. The minimum absolute atomic E-state index is 0.164. The number of amides is 1. The van der Waals surface area contributed by atoms with Gasteiger partial charge in [0.1, 0.15) is 5.84 Å². The first-order chi connectivity index (χ1) is 14.3. The lowest BCUT2D eigenvalue weighted by Gasteiger charge is -2.47. The molecule has 1 aromatic heterocycles. The fourth-order valence-corrected chi connectivity index (χ4v) is 4.31. The Balaban J connectivity index is 1.41. The van der Waals surface area contributed by atoms with Crippen LogP contribution in [0.3, 0.4) is 0 Å². The Kier molecular flexibility index (Phi) is 4.36. The van der Waals surface area contributed by atoms with Crippen LogP contribution < -0.4 is 16.1 Å². The lowest BCUT2D eigenvalue weighted by atomic mass is 9.93. The van der Waals surface area contributed by atoms with Gasteiger partial charge in [0.15, 0.2) is 11.5 Å². The summed E-state index contributed by atoms with van der Waals surface area (Å²) in [5, 5.41) is 10.9. The van der Waals surface area contributed by atoms with Crippen molar-refractivity contribution in [2.45, 2.75) is 31.1 Å². The minimum atomic E-state index is -4.66. The number of piperazine rings is 1. The fourth-order valence-electron chi connectivity index (χ4n) is 4.31. The highest BCUT2D eigenvalue weighted by atomic mass is 19.4. The second kappa shape index (κ2) is 6.84. The van der Waals surface area contributed by atoms with E-state index in [1.807, 2.05) is 6.08 Å². The van der Waals surface area contributed by atoms with Crippen LogP contribution in [-0.2, 0) is 18.0 Å². The molecule has 6 heterocycles. The van der Waals surface area contributed by atoms with Crippen LogP contribution >= 0.6 is 0 Å². The molecule has 2 atom stereocenters. The van der Waals surface area contributed by atoms with Crippen molar-refractivity contribution < 1.29 is 18.0 Å². The number of nitrogens with one attached hydrogen (secondary N) is 3. The number of amidine groups is 1. The monoisotopic (exact) mass is 422 g/mol. The molecule has 0 radical (unpaired) electrons. The molecule has 5 aliphatic heterocycles. The van der Waals surface area contributed by atoms with E-state index < -0.39 is 17.8 Å². The summed E-state index contributed by atoms with van der Waals surface area (Å²) in [5.41, 5.74) is 1.78. The molecule has 30 heavy (non-hydrogen) atoms. The molecular formula is C18H21F3N8O. The van der Waals surface area contributed by atoms with Crippen LogP contribution in [0.25, 0.3) is 0 Å². The molecule has 5 aliphatic rings. The molecule has 1 aromatic rings. The molecule has 0 saturated carbocycles. The van der Waals surface area contributed by atoms with Crippen molar-refractivity contribution in [3.05, 3.63) is 35.6 Å². The Morgan fingerprint density at radius 1 is 1.33 bits per heavy atom. The van der Waals surface area contributed by atoms with Crippen molar-refractivity contribution >= 4 is 17.4 Å². The number of hydrogen-bond acceptors (Lipinski definition) is 7. The molecule has 6 rings (SSSR count). The molecule has 0 aliphatic carbocycles. The molecule has 12 heteroatoms. The molecule has 1 amide bonds. The van der Waals surface area contributed by atoms with Gasteiger partial charge in [0.05, 0.1) is 11.3 Å². The minimum Gasteiger partial charge on any atom is -0.351 e. The quantitative estimate of drug-likeness (QED) is 0.653. The van der Waals surface area contributed by atoms with Gasteiger partial charge in [-0.15, -0.1) is 0 Å². The van der Waals surface area contributed by atoms with E-state index in [-0.39, 0.29) is 17.8 Å². The van der Waals surface area contributed by atoms with Crippen molar-refractivity contribution in [1.29, 1.82) is 0 Å². The number of alkyl halides is 3. The Hall–Kier alpha value is -2.86. The van der Waals surface area contributed by atoms with Gasteiger partial charge in [-0.25, -0.2) is 10.4 Å². The molecule has 3 N–H and O–H groups in total. The number of anilines is 1. The number of hydrogen-bond donors (Lipinski definition) is 3. The molecule has 0 aromatic carbocycles. The maximum Gasteiger partial charge on any atom is 0.437 e. The van der Waals surface area contributed by atoms with Gasteiger partial charge in [0.2, 0.25) is 0 Å². The number of aryl methyl sites for hydroxylation is 1. The van der Waals surface area contributed by atoms with E-state index in [0.717, 1.165) is 42.6 Å². The van der Waals surface area contributed by atoms with Gasteiger partial charge in [0.25, 0.3) is 5.91 Å². The summed E-state index contributed by atoms with van der Waals surface area (Å²) in [6.07, 6.45) is 2.37. The Morgan fingerprint density at radius 3 is 2.83 bits per heavy atom. The van der Waals surface area contributed by atoms with Gasteiger partial charge in [-0.05, 0) is 18.9 Å². The first kappa shape index (κ1) is 19.1. The van der Waals surface area contributed by atoms with E-state index in [1.165, 1.54) is 7.05 Å². The van der Waals surface area contributed by atoms with Crippen LogP contribution in [0.4, 0.5) is 18.9 Å². The lowest BCUT2D eigenvalue weighted by Crippen LogP contribution is -2.62. The largest absolute Gasteiger partial charge is 0.437 e. The molecule has 2 bridgehead atoms. The van der Waals surface area contributed by atoms with Crippen LogP contribution in [0, 0.1) is 0 Å². The third-order valence-corrected chi connectivity index (χ3v) is 5.78. The number of hydrazine groups is 1. The van der Waals surface area contributed by atoms with Gasteiger partial charge in [-0.3, -0.25) is 14.5 Å². The summed E-state index contributed by atoms with van der Waals surface area (Å²) in [4.78, 5) is 19.7. The van der Waals surface area contributed by atoms with E-state index in [9.17, 15) is 18.0 Å². The number of nitrogens with zero attached hydrogens (tertiary/aromatic N) is 5. The van der Waals surface area contributed by atoms with Crippen molar-refractivity contribution in [1.82, 2.24) is 30.4 Å². The van der Waals surface area contributed by atoms with E-state index in [2.05, 4.69) is 31.1 Å². The average Bonchev–Trinajstić information content (AvgIpc) is 3.31. The highest BCUT2D eigenvalue weighted by Crippen LogP contribution is 2.34. The van der Waals surface area contributed by atoms with Crippen LogP contribution in [0.5, 0.6) is 0 Å². The van der Waals surface area contributed by atoms with E-state index >= 15 is 0 Å². The fraction of sp³-hybridized carbons (Fsp3) is 0.500. The number of carbonyl (C=O) groups is 1. The SMILES string of the molecule is Cn1cc(NC(=O)C2=C3N=C(N4C[C@H]5CC[C@@H]4CN5)C=CN3NC2)c(C(F)(F)F)n1. The second-order valence-corrected chi connectivity index (χ2v) is 7.80. The third kappa shape index (κ3) is 3.25. The summed E-state index contributed by atoms with van der Waals surface area (Å²) >= 11 is 0. The molecular weight excluding hydrogens is 401 g/mol. The second-order valence-electron chi connectivity index (χ2n) is 7.80. The molecule has 3 saturated heterocycles. The average molecular weight is 422 g/mol. The summed E-state index contributed by atoms with van der Waals surface area (Å²) in [7, 11) is 1.37. The summed E-state index contributed by atoms with van der Waals surface area (Å²) < 4.78 is 40.6. The Morgan fingerprint density at radius 2 is 2.17 bits per heavy atom. The van der Waals surface area contributed by atoms with Gasteiger partial charge in [-0.2, -0.15) is 18.3 Å². The number of rotatable bonds is 2. The maximum atomic E-state index is 13.2. The zero-order chi connectivity index (χ0) is 21.0. The molecule has 0 unspecified atom stereocenters. The van der Waals surface area contributed by atoms with E-state index in [0.29, 0.717) is 17.9 Å².